The van der Waals surface area contributed by atoms with E-state index in [2.05, 4.69) is 81.7 Å². The summed E-state index contributed by atoms with van der Waals surface area (Å²) in [5.74, 6) is 6.41. The number of amides is 2. The summed E-state index contributed by atoms with van der Waals surface area (Å²) in [6.45, 7) is 5.18. The van der Waals surface area contributed by atoms with Crippen molar-refractivity contribution in [3.8, 4) is 33.6 Å². The molecule has 0 saturated carbocycles. The maximum Gasteiger partial charge on any atom is 0.422 e. The molecule has 3 unspecified atom stereocenters. The van der Waals surface area contributed by atoms with Gasteiger partial charge in [0.15, 0.2) is 6.10 Å². The Bertz CT molecular complexity index is 2370. The van der Waals surface area contributed by atoms with Crippen molar-refractivity contribution in [2.45, 2.75) is 57.7 Å². The molecular formula is C44H47N9O3. The number of ether oxygens (including phenoxy) is 1. The van der Waals surface area contributed by atoms with E-state index in [0.717, 1.165) is 93.7 Å². The fourth-order valence-corrected chi connectivity index (χ4v) is 7.96. The first kappa shape index (κ1) is 36.6. The number of nitrogens with one attached hydrogen (secondary N) is 3. The van der Waals surface area contributed by atoms with Gasteiger partial charge in [-0.1, -0.05) is 92.7 Å². The Morgan fingerprint density at radius 2 is 1.38 bits per heavy atom. The highest BCUT2D eigenvalue weighted by Crippen LogP contribution is 2.36. The van der Waals surface area contributed by atoms with Crippen LogP contribution in [0.25, 0.3) is 50.1 Å². The minimum atomic E-state index is -0.940. The number of fused-ring (bicyclic) bond motifs is 1. The number of H-pyrrole nitrogens is 2. The van der Waals surface area contributed by atoms with Crippen LogP contribution in [0.5, 0.6) is 0 Å². The van der Waals surface area contributed by atoms with Gasteiger partial charge in [0.05, 0.1) is 41.6 Å². The minimum absolute atomic E-state index is 0.157. The van der Waals surface area contributed by atoms with Crippen molar-refractivity contribution < 1.29 is 14.3 Å². The van der Waals surface area contributed by atoms with Gasteiger partial charge in [0.25, 0.3) is 5.91 Å². The van der Waals surface area contributed by atoms with E-state index >= 15 is 0 Å². The smallest absolute Gasteiger partial charge is 0.422 e. The Balaban J connectivity index is 0.944. The molecule has 6 aromatic rings. The molecule has 0 bridgehead atoms. The van der Waals surface area contributed by atoms with E-state index in [4.69, 9.17) is 26.3 Å². The highest BCUT2D eigenvalue weighted by atomic mass is 16.6. The summed E-state index contributed by atoms with van der Waals surface area (Å²) >= 11 is 0. The van der Waals surface area contributed by atoms with Crippen LogP contribution < -0.4 is 17.0 Å². The van der Waals surface area contributed by atoms with E-state index in [0.29, 0.717) is 12.4 Å². The first-order chi connectivity index (χ1) is 27.2. The summed E-state index contributed by atoms with van der Waals surface area (Å²) in [5.41, 5.74) is 16.4. The third-order valence-corrected chi connectivity index (χ3v) is 10.9. The molecule has 8 rings (SSSR count). The molecule has 7 N–H and O–H groups in total. The number of nitrogens with zero attached hydrogens (tertiary/aromatic N) is 4. The minimum Gasteiger partial charge on any atom is -0.435 e. The van der Waals surface area contributed by atoms with E-state index in [1.54, 1.807) is 4.90 Å². The van der Waals surface area contributed by atoms with Crippen molar-refractivity contribution in [3.05, 3.63) is 127 Å². The molecule has 4 heterocycles. The van der Waals surface area contributed by atoms with Gasteiger partial charge in [-0.2, -0.15) is 0 Å². The Labute approximate surface area is 325 Å². The van der Waals surface area contributed by atoms with Gasteiger partial charge < -0.3 is 30.2 Å². The SMILES string of the molecule is CC(C)C(OC(=O)NN)C(=O)N1CCCC1c1ncc(-c2ccc3cc(-c4ccc(-c5cnc(C6CCCN6C=C(N)c6ccccc6)[nH]5)cc4)ccc3c2)[nH]1. The monoisotopic (exact) mass is 749 g/mol. The number of carbonyl (C=O) groups is 2. The third kappa shape index (κ3) is 7.47. The molecule has 2 aliphatic rings. The molecule has 12 nitrogen and oxygen atoms in total. The molecule has 2 amide bonds. The molecule has 2 saturated heterocycles. The molecule has 4 aromatic carbocycles. The quantitative estimate of drug-likeness (QED) is 0.0540. The van der Waals surface area contributed by atoms with Gasteiger partial charge in [-0.25, -0.2) is 20.6 Å². The zero-order valence-electron chi connectivity index (χ0n) is 31.6. The van der Waals surface area contributed by atoms with Crippen molar-refractivity contribution in [2.75, 3.05) is 13.1 Å². The molecule has 2 aromatic heterocycles. The van der Waals surface area contributed by atoms with Crippen molar-refractivity contribution in [2.24, 2.45) is 17.5 Å². The van der Waals surface area contributed by atoms with Crippen molar-refractivity contribution in [3.63, 3.8) is 0 Å². The lowest BCUT2D eigenvalue weighted by molar-refractivity contribution is -0.143. The molecular weight excluding hydrogens is 703 g/mol. The molecule has 0 spiro atoms. The van der Waals surface area contributed by atoms with Gasteiger partial charge >= 0.3 is 6.09 Å². The first-order valence-electron chi connectivity index (χ1n) is 19.3. The number of rotatable bonds is 10. The predicted octanol–water partition coefficient (Wildman–Crippen LogP) is 7.67. The second-order valence-electron chi connectivity index (χ2n) is 15.0. The van der Waals surface area contributed by atoms with Crippen LogP contribution in [0.15, 0.2) is 110 Å². The maximum absolute atomic E-state index is 13.5. The van der Waals surface area contributed by atoms with Crippen LogP contribution in [0.4, 0.5) is 4.79 Å². The van der Waals surface area contributed by atoms with E-state index in [9.17, 15) is 9.59 Å². The number of aromatic nitrogens is 4. The molecule has 2 aliphatic heterocycles. The number of hydrogen-bond donors (Lipinski definition) is 5. The highest BCUT2D eigenvalue weighted by Gasteiger charge is 2.38. The van der Waals surface area contributed by atoms with Gasteiger partial charge in [0.1, 0.15) is 11.6 Å². The lowest BCUT2D eigenvalue weighted by Crippen LogP contribution is -2.46. The van der Waals surface area contributed by atoms with Gasteiger partial charge in [-0.15, -0.1) is 0 Å². The number of aromatic amines is 2. The van der Waals surface area contributed by atoms with E-state index in [-0.39, 0.29) is 23.9 Å². The Morgan fingerprint density at radius 3 is 2.07 bits per heavy atom. The van der Waals surface area contributed by atoms with Crippen LogP contribution in [0.1, 0.15) is 68.8 Å². The van der Waals surface area contributed by atoms with Crippen LogP contribution >= 0.6 is 0 Å². The molecule has 3 atom stereocenters. The molecule has 56 heavy (non-hydrogen) atoms. The van der Waals surface area contributed by atoms with Crippen molar-refractivity contribution in [1.82, 2.24) is 35.2 Å². The zero-order chi connectivity index (χ0) is 38.8. The first-order valence-corrected chi connectivity index (χ1v) is 19.3. The van der Waals surface area contributed by atoms with Crippen LogP contribution in [0, 0.1) is 5.92 Å². The van der Waals surface area contributed by atoms with Crippen LogP contribution in [0.3, 0.4) is 0 Å². The van der Waals surface area contributed by atoms with Crippen LogP contribution in [0.2, 0.25) is 0 Å². The average molecular weight is 750 g/mol. The van der Waals surface area contributed by atoms with Crippen molar-refractivity contribution >= 4 is 28.5 Å². The van der Waals surface area contributed by atoms with Gasteiger partial charge in [0.2, 0.25) is 0 Å². The standard InChI is InChI=1S/C44H47N9O3/c1-27(2)40(56-44(55)51-46)43(54)53-21-7-11-39(53)42-48-25-37(50-42)34-19-18-32-22-31(16-17-33(32)23-34)28-12-14-30(15-13-28)36-24-47-41(49-36)38-10-6-20-52(38)26-35(45)29-8-4-3-5-9-29/h3-5,8-9,12-19,22-27,38-40H,6-7,10-11,20-21,45-46H2,1-2H3,(H,47,49)(H,48,50)(H,51,55). The summed E-state index contributed by atoms with van der Waals surface area (Å²) in [6, 6.07) is 31.5. The second-order valence-corrected chi connectivity index (χ2v) is 15.0. The molecule has 12 heteroatoms. The lowest BCUT2D eigenvalue weighted by atomic mass is 9.98. The maximum atomic E-state index is 13.5. The summed E-state index contributed by atoms with van der Waals surface area (Å²) in [7, 11) is 0. The number of carbonyl (C=O) groups excluding carboxylic acids is 2. The number of hydrazine groups is 1. The third-order valence-electron chi connectivity index (χ3n) is 10.9. The molecule has 286 valence electrons. The Kier molecular flexibility index (Phi) is 10.3. The summed E-state index contributed by atoms with van der Waals surface area (Å²) in [5, 5.41) is 2.24. The zero-order valence-corrected chi connectivity index (χ0v) is 31.6. The summed E-state index contributed by atoms with van der Waals surface area (Å²) in [4.78, 5) is 45.9. The van der Waals surface area contributed by atoms with Crippen molar-refractivity contribution in [1.29, 1.82) is 0 Å². The van der Waals surface area contributed by atoms with E-state index in [1.165, 1.54) is 0 Å². The average Bonchev–Trinajstić information content (AvgIpc) is 4.07. The summed E-state index contributed by atoms with van der Waals surface area (Å²) < 4.78 is 5.33. The lowest BCUT2D eigenvalue weighted by Gasteiger charge is -2.29. The predicted molar refractivity (Wildman–Crippen MR) is 218 cm³/mol. The number of hydrogen-bond acceptors (Lipinski definition) is 8. The van der Waals surface area contributed by atoms with Gasteiger partial charge in [0, 0.05) is 24.9 Å². The normalized spacial score (nSPS) is 17.8. The molecule has 0 radical (unpaired) electrons. The van der Waals surface area contributed by atoms with Crippen LogP contribution in [-0.4, -0.2) is 60.9 Å². The van der Waals surface area contributed by atoms with E-state index in [1.807, 2.05) is 62.0 Å². The van der Waals surface area contributed by atoms with Gasteiger partial charge in [-0.3, -0.25) is 10.2 Å². The topological polar surface area (TPSA) is 171 Å². The number of likely N-dealkylation sites (tertiary alicyclic amines) is 2. The van der Waals surface area contributed by atoms with Gasteiger partial charge in [-0.05, 0) is 76.8 Å². The molecule has 2 fully saturated rings. The largest absolute Gasteiger partial charge is 0.435 e. The highest BCUT2D eigenvalue weighted by molar-refractivity contribution is 5.90. The Morgan fingerprint density at radius 1 is 0.786 bits per heavy atom. The Hall–Kier alpha value is -6.40. The summed E-state index contributed by atoms with van der Waals surface area (Å²) in [6.07, 6.45) is 7.73. The number of imidazole rings is 2. The fourth-order valence-electron chi connectivity index (χ4n) is 7.96. The number of benzene rings is 4. The molecule has 0 aliphatic carbocycles. The van der Waals surface area contributed by atoms with Crippen LogP contribution in [-0.2, 0) is 9.53 Å². The van der Waals surface area contributed by atoms with E-state index < -0.39 is 12.2 Å². The number of nitrogens with two attached hydrogens (primary N) is 2. The fraction of sp³-hybridized carbons (Fsp3) is 0.273. The second kappa shape index (κ2) is 15.8.